The van der Waals surface area contributed by atoms with Gasteiger partial charge in [0.05, 0.1) is 18.7 Å². The number of oxazole rings is 1. The fraction of sp³-hybridized carbons (Fsp3) is 0.250. The van der Waals surface area contributed by atoms with Crippen LogP contribution < -0.4 is 10.1 Å². The SMILES string of the molecule is COC(=O)c1ccc(O[C@@H](F)N2CCC[C@H]2C(=O)Cc2ccc3nc(Nc4ccccc4)oc3c2)cc1. The van der Waals surface area contributed by atoms with Gasteiger partial charge in [-0.2, -0.15) is 9.37 Å². The summed E-state index contributed by atoms with van der Waals surface area (Å²) in [6, 6.07) is 20.8. The summed E-state index contributed by atoms with van der Waals surface area (Å²) in [6.45, 7) is -1.38. The van der Waals surface area contributed by atoms with Crippen LogP contribution in [-0.4, -0.2) is 47.8 Å². The monoisotopic (exact) mass is 503 g/mol. The number of ether oxygens (including phenoxy) is 2. The Morgan fingerprint density at radius 1 is 1.14 bits per heavy atom. The molecule has 1 fully saturated rings. The molecule has 0 radical (unpaired) electrons. The number of alkyl halides is 1. The van der Waals surface area contributed by atoms with Crippen LogP contribution in [0.1, 0.15) is 28.8 Å². The number of Topliss-reactive ketones (excluding diaryl/α,β-unsaturated/α-hetero) is 1. The van der Waals surface area contributed by atoms with E-state index in [1.807, 2.05) is 42.5 Å². The van der Waals surface area contributed by atoms with Crippen LogP contribution in [0.5, 0.6) is 5.75 Å². The van der Waals surface area contributed by atoms with Crippen LogP contribution in [0, 0.1) is 0 Å². The number of rotatable bonds is 9. The molecule has 0 saturated carbocycles. The Balaban J connectivity index is 1.22. The minimum absolute atomic E-state index is 0.0914. The van der Waals surface area contributed by atoms with Gasteiger partial charge >= 0.3 is 5.97 Å². The topological polar surface area (TPSA) is 93.9 Å². The number of para-hydroxylation sites is 1. The molecule has 2 heterocycles. The number of likely N-dealkylation sites (tertiary alicyclic amines) is 1. The van der Waals surface area contributed by atoms with Gasteiger partial charge in [-0.1, -0.05) is 24.3 Å². The summed E-state index contributed by atoms with van der Waals surface area (Å²) in [6.07, 6.45) is 1.39. The molecular weight excluding hydrogens is 477 g/mol. The van der Waals surface area contributed by atoms with Crippen LogP contribution in [0.2, 0.25) is 0 Å². The summed E-state index contributed by atoms with van der Waals surface area (Å²) in [4.78, 5) is 30.6. The van der Waals surface area contributed by atoms with E-state index in [0.29, 0.717) is 42.1 Å². The zero-order chi connectivity index (χ0) is 25.8. The zero-order valence-corrected chi connectivity index (χ0v) is 20.2. The van der Waals surface area contributed by atoms with Crippen LogP contribution in [-0.2, 0) is 16.0 Å². The van der Waals surface area contributed by atoms with Gasteiger partial charge in [0, 0.05) is 18.7 Å². The Kier molecular flexibility index (Phi) is 7.14. The van der Waals surface area contributed by atoms with Gasteiger partial charge in [-0.25, -0.2) is 9.69 Å². The number of carbonyl (C=O) groups excluding carboxylic acids is 2. The fourth-order valence-electron chi connectivity index (χ4n) is 4.44. The molecule has 0 spiro atoms. The highest BCUT2D eigenvalue weighted by Gasteiger charge is 2.36. The molecule has 1 aromatic heterocycles. The van der Waals surface area contributed by atoms with Crippen molar-refractivity contribution in [2.24, 2.45) is 0 Å². The number of anilines is 2. The van der Waals surface area contributed by atoms with Crippen LogP contribution in [0.25, 0.3) is 11.1 Å². The van der Waals surface area contributed by atoms with Crippen molar-refractivity contribution < 1.29 is 27.9 Å². The number of halogens is 1. The molecule has 8 nitrogen and oxygen atoms in total. The maximum atomic E-state index is 15.1. The average molecular weight is 504 g/mol. The van der Waals surface area contributed by atoms with Gasteiger partial charge in [0.2, 0.25) is 0 Å². The maximum absolute atomic E-state index is 15.1. The zero-order valence-electron chi connectivity index (χ0n) is 20.2. The van der Waals surface area contributed by atoms with E-state index < -0.39 is 18.5 Å². The summed E-state index contributed by atoms with van der Waals surface area (Å²) in [7, 11) is 1.29. The molecule has 3 aromatic carbocycles. The van der Waals surface area contributed by atoms with Crippen molar-refractivity contribution in [3.63, 3.8) is 0 Å². The number of benzene rings is 3. The molecular formula is C28H26FN3O5. The Morgan fingerprint density at radius 2 is 1.92 bits per heavy atom. The number of nitrogens with one attached hydrogen (secondary N) is 1. The van der Waals surface area contributed by atoms with Gasteiger partial charge in [0.15, 0.2) is 11.4 Å². The lowest BCUT2D eigenvalue weighted by Gasteiger charge is -2.27. The second kappa shape index (κ2) is 10.8. The summed E-state index contributed by atoms with van der Waals surface area (Å²) in [5, 5.41) is 3.12. The predicted molar refractivity (Wildman–Crippen MR) is 135 cm³/mol. The predicted octanol–water partition coefficient (Wildman–Crippen LogP) is 5.27. The molecule has 190 valence electrons. The van der Waals surface area contributed by atoms with Gasteiger partial charge in [-0.05, 0) is 66.9 Å². The molecule has 37 heavy (non-hydrogen) atoms. The van der Waals surface area contributed by atoms with Crippen LogP contribution >= 0.6 is 0 Å². The minimum atomic E-state index is -1.79. The molecule has 0 bridgehead atoms. The van der Waals surface area contributed by atoms with E-state index in [1.54, 1.807) is 6.07 Å². The molecule has 1 aliphatic rings. The molecule has 4 aromatic rings. The number of hydrogen-bond acceptors (Lipinski definition) is 8. The number of methoxy groups -OCH3 is 1. The fourth-order valence-corrected chi connectivity index (χ4v) is 4.44. The van der Waals surface area contributed by atoms with Gasteiger partial charge in [-0.3, -0.25) is 4.79 Å². The third kappa shape index (κ3) is 5.62. The van der Waals surface area contributed by atoms with E-state index in [9.17, 15) is 9.59 Å². The minimum Gasteiger partial charge on any atom is -0.465 e. The number of fused-ring (bicyclic) bond motifs is 1. The molecule has 2 atom stereocenters. The number of nitrogens with zero attached hydrogens (tertiary/aromatic N) is 2. The largest absolute Gasteiger partial charge is 0.465 e. The third-order valence-electron chi connectivity index (χ3n) is 6.29. The van der Waals surface area contributed by atoms with E-state index in [2.05, 4.69) is 15.0 Å². The lowest BCUT2D eigenvalue weighted by Crippen LogP contribution is -2.44. The number of carbonyl (C=O) groups is 2. The highest BCUT2D eigenvalue weighted by atomic mass is 19.1. The van der Waals surface area contributed by atoms with E-state index in [-0.39, 0.29) is 18.0 Å². The first-order chi connectivity index (χ1) is 18.0. The Bertz CT molecular complexity index is 1390. The Morgan fingerprint density at radius 3 is 2.68 bits per heavy atom. The van der Waals surface area contributed by atoms with Gasteiger partial charge in [-0.15, -0.1) is 0 Å². The molecule has 1 saturated heterocycles. The highest BCUT2D eigenvalue weighted by molar-refractivity contribution is 5.89. The van der Waals surface area contributed by atoms with Crippen molar-refractivity contribution in [3.05, 3.63) is 83.9 Å². The van der Waals surface area contributed by atoms with Crippen LogP contribution in [0.15, 0.2) is 77.2 Å². The van der Waals surface area contributed by atoms with Crippen molar-refractivity contribution in [2.45, 2.75) is 31.8 Å². The molecule has 5 rings (SSSR count). The van der Waals surface area contributed by atoms with Crippen molar-refractivity contribution >= 4 is 34.6 Å². The molecule has 1 aliphatic heterocycles. The molecule has 1 N–H and O–H groups in total. The van der Waals surface area contributed by atoms with Gasteiger partial charge < -0.3 is 19.2 Å². The lowest BCUT2D eigenvalue weighted by atomic mass is 10.0. The van der Waals surface area contributed by atoms with Crippen molar-refractivity contribution in [1.82, 2.24) is 9.88 Å². The summed E-state index contributed by atoms with van der Waals surface area (Å²) < 4.78 is 31.0. The Labute approximate surface area is 213 Å². The number of aromatic nitrogens is 1. The first kappa shape index (κ1) is 24.5. The van der Waals surface area contributed by atoms with Crippen LogP contribution in [0.4, 0.5) is 16.1 Å². The molecule has 0 unspecified atom stereocenters. The van der Waals surface area contributed by atoms with Gasteiger partial charge in [0.25, 0.3) is 12.5 Å². The lowest BCUT2D eigenvalue weighted by molar-refractivity contribution is -0.133. The normalized spacial score (nSPS) is 16.4. The number of hydrogen-bond donors (Lipinski definition) is 1. The summed E-state index contributed by atoms with van der Waals surface area (Å²) in [5.74, 6) is -0.319. The first-order valence-corrected chi connectivity index (χ1v) is 12.0. The smallest absolute Gasteiger partial charge is 0.337 e. The van der Waals surface area contributed by atoms with Gasteiger partial charge in [0.1, 0.15) is 11.3 Å². The van der Waals surface area contributed by atoms with Crippen molar-refractivity contribution in [2.75, 3.05) is 19.0 Å². The average Bonchev–Trinajstić information content (AvgIpc) is 3.56. The maximum Gasteiger partial charge on any atom is 0.337 e. The first-order valence-electron chi connectivity index (χ1n) is 12.0. The number of esters is 1. The summed E-state index contributed by atoms with van der Waals surface area (Å²) in [5.41, 5.74) is 3.20. The van der Waals surface area contributed by atoms with Crippen molar-refractivity contribution in [1.29, 1.82) is 0 Å². The second-order valence-corrected chi connectivity index (χ2v) is 8.78. The molecule has 0 amide bonds. The quantitative estimate of drug-likeness (QED) is 0.244. The third-order valence-corrected chi connectivity index (χ3v) is 6.29. The molecule has 9 heteroatoms. The second-order valence-electron chi connectivity index (χ2n) is 8.78. The van der Waals surface area contributed by atoms with E-state index in [0.717, 1.165) is 11.3 Å². The van der Waals surface area contributed by atoms with Crippen LogP contribution in [0.3, 0.4) is 0 Å². The van der Waals surface area contributed by atoms with E-state index >= 15 is 4.39 Å². The Hall–Kier alpha value is -4.24. The molecule has 0 aliphatic carbocycles. The number of ketones is 1. The van der Waals surface area contributed by atoms with E-state index in [4.69, 9.17) is 9.15 Å². The standard InChI is InChI=1S/C28H26FN3O5/c1-35-26(34)19-10-12-21(13-11-19)36-27(29)32-15-5-8-23(32)24(33)16-18-9-14-22-25(17-18)37-28(31-22)30-20-6-3-2-4-7-20/h2-4,6-7,9-14,17,23,27H,5,8,15-16H2,1H3,(H,30,31)/t23-,27-/m0/s1. The summed E-state index contributed by atoms with van der Waals surface area (Å²) >= 11 is 0. The highest BCUT2D eigenvalue weighted by Crippen LogP contribution is 2.27. The van der Waals surface area contributed by atoms with Crippen molar-refractivity contribution in [3.8, 4) is 5.75 Å². The van der Waals surface area contributed by atoms with E-state index in [1.165, 1.54) is 36.3 Å².